The van der Waals surface area contributed by atoms with E-state index in [1.807, 2.05) is 37.3 Å². The maximum absolute atomic E-state index is 12.0. The lowest BCUT2D eigenvalue weighted by Gasteiger charge is -2.18. The molecule has 2 aromatic rings. The average molecular weight is 370 g/mol. The van der Waals surface area contributed by atoms with Crippen molar-refractivity contribution in [2.75, 3.05) is 27.4 Å². The normalized spacial score (nSPS) is 12.7. The second-order valence-corrected chi connectivity index (χ2v) is 5.98. The lowest BCUT2D eigenvalue weighted by Crippen LogP contribution is -2.15. The van der Waals surface area contributed by atoms with Crippen molar-refractivity contribution < 1.29 is 28.5 Å². The van der Waals surface area contributed by atoms with E-state index in [4.69, 9.17) is 23.7 Å². The van der Waals surface area contributed by atoms with Gasteiger partial charge in [-0.25, -0.2) is 4.79 Å². The van der Waals surface area contributed by atoms with Crippen molar-refractivity contribution in [1.82, 2.24) is 0 Å². The number of hydrogen-bond donors (Lipinski definition) is 0. The van der Waals surface area contributed by atoms with Crippen LogP contribution in [0.25, 0.3) is 6.08 Å². The summed E-state index contributed by atoms with van der Waals surface area (Å²) in [6.07, 6.45) is 3.07. The minimum absolute atomic E-state index is 0.149. The minimum Gasteiger partial charge on any atom is -0.493 e. The lowest BCUT2D eigenvalue weighted by molar-refractivity contribution is -0.138. The summed E-state index contributed by atoms with van der Waals surface area (Å²) in [5, 5.41) is 0. The molecular weight excluding hydrogens is 348 g/mol. The van der Waals surface area contributed by atoms with Crippen LogP contribution in [0, 0.1) is 6.92 Å². The number of benzene rings is 2. The Kier molecular flexibility index (Phi) is 5.86. The summed E-state index contributed by atoms with van der Waals surface area (Å²) in [5.74, 6) is 2.20. The highest BCUT2D eigenvalue weighted by Crippen LogP contribution is 2.32. The van der Waals surface area contributed by atoms with E-state index < -0.39 is 5.97 Å². The van der Waals surface area contributed by atoms with E-state index in [2.05, 4.69) is 0 Å². The number of methoxy groups -OCH3 is 2. The van der Waals surface area contributed by atoms with Crippen molar-refractivity contribution >= 4 is 12.0 Å². The first-order chi connectivity index (χ1) is 13.1. The number of fused-ring (bicyclic) bond motifs is 1. The smallest absolute Gasteiger partial charge is 0.331 e. The first-order valence-corrected chi connectivity index (χ1v) is 8.56. The molecule has 0 saturated heterocycles. The zero-order valence-electron chi connectivity index (χ0n) is 15.6. The van der Waals surface area contributed by atoms with Gasteiger partial charge in [0.05, 0.1) is 14.2 Å². The summed E-state index contributed by atoms with van der Waals surface area (Å²) in [5.41, 5.74) is 2.64. The summed E-state index contributed by atoms with van der Waals surface area (Å²) >= 11 is 0. The van der Waals surface area contributed by atoms with Gasteiger partial charge in [0.1, 0.15) is 19.8 Å². The molecule has 0 amide bonds. The van der Waals surface area contributed by atoms with Gasteiger partial charge in [-0.15, -0.1) is 0 Å². The van der Waals surface area contributed by atoms with Crippen LogP contribution in [0.15, 0.2) is 36.4 Å². The SMILES string of the molecule is COc1cc(C)c(COC(=O)/C=C/c2ccc3c(c2)OCCO3)cc1OC. The largest absolute Gasteiger partial charge is 0.493 e. The van der Waals surface area contributed by atoms with Gasteiger partial charge in [0, 0.05) is 6.08 Å². The fourth-order valence-electron chi connectivity index (χ4n) is 2.70. The van der Waals surface area contributed by atoms with E-state index in [1.165, 1.54) is 6.08 Å². The van der Waals surface area contributed by atoms with E-state index in [0.29, 0.717) is 36.2 Å². The average Bonchev–Trinajstić information content (AvgIpc) is 2.70. The highest BCUT2D eigenvalue weighted by molar-refractivity contribution is 5.87. The van der Waals surface area contributed by atoms with Gasteiger partial charge in [-0.2, -0.15) is 0 Å². The molecule has 0 aromatic heterocycles. The molecule has 6 nitrogen and oxygen atoms in total. The van der Waals surface area contributed by atoms with Crippen molar-refractivity contribution in [3.63, 3.8) is 0 Å². The van der Waals surface area contributed by atoms with Crippen molar-refractivity contribution in [3.05, 3.63) is 53.1 Å². The third-order valence-electron chi connectivity index (χ3n) is 4.19. The number of carbonyl (C=O) groups excluding carboxylic acids is 1. The topological polar surface area (TPSA) is 63.2 Å². The molecule has 6 heteroatoms. The second-order valence-electron chi connectivity index (χ2n) is 5.98. The molecule has 0 radical (unpaired) electrons. The van der Waals surface area contributed by atoms with Crippen molar-refractivity contribution in [2.24, 2.45) is 0 Å². The van der Waals surface area contributed by atoms with E-state index >= 15 is 0 Å². The van der Waals surface area contributed by atoms with Crippen LogP contribution in [0.2, 0.25) is 0 Å². The molecule has 0 aliphatic carbocycles. The van der Waals surface area contributed by atoms with Crippen molar-refractivity contribution in [1.29, 1.82) is 0 Å². The number of aryl methyl sites for hydroxylation is 1. The van der Waals surface area contributed by atoms with Gasteiger partial charge < -0.3 is 23.7 Å². The third-order valence-corrected chi connectivity index (χ3v) is 4.19. The highest BCUT2D eigenvalue weighted by atomic mass is 16.6. The molecule has 0 bridgehead atoms. The molecule has 0 fully saturated rings. The molecule has 1 heterocycles. The van der Waals surface area contributed by atoms with Gasteiger partial charge in [-0.1, -0.05) is 6.07 Å². The number of ether oxygens (including phenoxy) is 5. The summed E-state index contributed by atoms with van der Waals surface area (Å²) in [6.45, 7) is 3.14. The number of esters is 1. The first kappa shape index (κ1) is 18.6. The Labute approximate surface area is 158 Å². The van der Waals surface area contributed by atoms with Crippen molar-refractivity contribution in [3.8, 4) is 23.0 Å². The monoisotopic (exact) mass is 370 g/mol. The number of rotatable bonds is 6. The summed E-state index contributed by atoms with van der Waals surface area (Å²) < 4.78 is 26.9. The zero-order chi connectivity index (χ0) is 19.2. The molecule has 27 heavy (non-hydrogen) atoms. The van der Waals surface area contributed by atoms with E-state index in [-0.39, 0.29) is 6.61 Å². The number of hydrogen-bond acceptors (Lipinski definition) is 6. The third kappa shape index (κ3) is 4.53. The quantitative estimate of drug-likeness (QED) is 0.572. The van der Waals surface area contributed by atoms with Crippen LogP contribution in [0.1, 0.15) is 16.7 Å². The molecule has 0 spiro atoms. The predicted molar refractivity (Wildman–Crippen MR) is 101 cm³/mol. The van der Waals surface area contributed by atoms with Gasteiger partial charge in [0.15, 0.2) is 23.0 Å². The summed E-state index contributed by atoms with van der Waals surface area (Å²) in [7, 11) is 3.15. The van der Waals surface area contributed by atoms with Gasteiger partial charge in [0.2, 0.25) is 0 Å². The Morgan fingerprint density at radius 2 is 1.74 bits per heavy atom. The lowest BCUT2D eigenvalue weighted by atomic mass is 10.1. The number of carbonyl (C=O) groups is 1. The van der Waals surface area contributed by atoms with Crippen LogP contribution >= 0.6 is 0 Å². The Bertz CT molecular complexity index is 856. The summed E-state index contributed by atoms with van der Waals surface area (Å²) in [6, 6.07) is 9.18. The van der Waals surface area contributed by atoms with Gasteiger partial charge >= 0.3 is 5.97 Å². The first-order valence-electron chi connectivity index (χ1n) is 8.56. The molecule has 0 saturated carbocycles. The zero-order valence-corrected chi connectivity index (χ0v) is 15.6. The van der Waals surface area contributed by atoms with Crippen LogP contribution in [0.5, 0.6) is 23.0 Å². The van der Waals surface area contributed by atoms with Crippen LogP contribution in [0.4, 0.5) is 0 Å². The van der Waals surface area contributed by atoms with Gasteiger partial charge in [-0.05, 0) is 54.0 Å². The van der Waals surface area contributed by atoms with Crippen LogP contribution in [0.3, 0.4) is 0 Å². The molecule has 1 aliphatic heterocycles. The molecule has 2 aromatic carbocycles. The van der Waals surface area contributed by atoms with E-state index in [1.54, 1.807) is 20.3 Å². The van der Waals surface area contributed by atoms with Gasteiger partial charge in [-0.3, -0.25) is 0 Å². The predicted octanol–water partition coefficient (Wildman–Crippen LogP) is 3.54. The van der Waals surface area contributed by atoms with Crippen LogP contribution < -0.4 is 18.9 Å². The molecule has 142 valence electrons. The Morgan fingerprint density at radius 1 is 1.04 bits per heavy atom. The Hall–Kier alpha value is -3.15. The molecule has 0 unspecified atom stereocenters. The van der Waals surface area contributed by atoms with E-state index in [9.17, 15) is 4.79 Å². The Morgan fingerprint density at radius 3 is 2.48 bits per heavy atom. The summed E-state index contributed by atoms with van der Waals surface area (Å²) in [4.78, 5) is 12.0. The molecule has 0 N–H and O–H groups in total. The maximum atomic E-state index is 12.0. The molecule has 1 aliphatic rings. The highest BCUT2D eigenvalue weighted by Gasteiger charge is 2.12. The maximum Gasteiger partial charge on any atom is 0.331 e. The Balaban J connectivity index is 1.62. The molecular formula is C21H22O6. The van der Waals surface area contributed by atoms with Gasteiger partial charge in [0.25, 0.3) is 0 Å². The van der Waals surface area contributed by atoms with Crippen LogP contribution in [-0.2, 0) is 16.1 Å². The van der Waals surface area contributed by atoms with Crippen molar-refractivity contribution in [2.45, 2.75) is 13.5 Å². The van der Waals surface area contributed by atoms with E-state index in [0.717, 1.165) is 16.7 Å². The molecule has 3 rings (SSSR count). The molecule has 0 atom stereocenters. The van der Waals surface area contributed by atoms with Crippen LogP contribution in [-0.4, -0.2) is 33.4 Å². The minimum atomic E-state index is -0.431. The fourth-order valence-corrected chi connectivity index (χ4v) is 2.70. The second kappa shape index (κ2) is 8.49. The standard InChI is InChI=1S/C21H22O6/c1-14-10-18(23-2)19(24-3)12-16(14)13-27-21(22)7-5-15-4-6-17-20(11-15)26-9-8-25-17/h4-7,10-12H,8-9,13H2,1-3H3/b7-5+. The fraction of sp³-hybridized carbons (Fsp3) is 0.286.